The summed E-state index contributed by atoms with van der Waals surface area (Å²) in [5, 5.41) is 9.69. The van der Waals surface area contributed by atoms with Crippen molar-refractivity contribution in [3.63, 3.8) is 0 Å². The SMILES string of the molecule is C=C1C(=O)OC2C=C(CO)C3=CC(=O)C(C)(CC(OCC(C)C)C12)O3. The third-order valence-corrected chi connectivity index (χ3v) is 4.87. The van der Waals surface area contributed by atoms with E-state index in [1.54, 1.807) is 13.0 Å². The predicted molar refractivity (Wildman–Crippen MR) is 89.5 cm³/mol. The quantitative estimate of drug-likeness (QED) is 0.615. The molecule has 4 atom stereocenters. The summed E-state index contributed by atoms with van der Waals surface area (Å²) in [5.74, 6) is -0.439. The Bertz CT molecular complexity index is 673. The zero-order valence-corrected chi connectivity index (χ0v) is 14.8. The molecule has 25 heavy (non-hydrogen) atoms. The molecule has 0 saturated carbocycles. The van der Waals surface area contributed by atoms with Gasteiger partial charge in [-0.2, -0.15) is 0 Å². The van der Waals surface area contributed by atoms with Crippen LogP contribution in [0.5, 0.6) is 0 Å². The molecule has 3 aliphatic heterocycles. The molecule has 0 spiro atoms. The second kappa shape index (κ2) is 6.42. The average molecular weight is 348 g/mol. The van der Waals surface area contributed by atoms with Crippen molar-refractivity contribution in [2.75, 3.05) is 13.2 Å². The Kier molecular flexibility index (Phi) is 4.60. The topological polar surface area (TPSA) is 82.1 Å². The Labute approximate surface area is 147 Å². The monoisotopic (exact) mass is 348 g/mol. The number of rotatable bonds is 4. The van der Waals surface area contributed by atoms with Gasteiger partial charge in [0.1, 0.15) is 11.9 Å². The van der Waals surface area contributed by atoms with Crippen LogP contribution in [0.15, 0.2) is 35.6 Å². The Hall–Kier alpha value is -1.92. The van der Waals surface area contributed by atoms with Crippen LogP contribution in [0.3, 0.4) is 0 Å². The molecule has 3 aliphatic rings. The number of carbonyl (C=O) groups excluding carboxylic acids is 2. The number of hydrogen-bond donors (Lipinski definition) is 1. The zero-order valence-electron chi connectivity index (χ0n) is 14.8. The highest BCUT2D eigenvalue weighted by Crippen LogP contribution is 2.42. The molecule has 4 unspecified atom stereocenters. The fourth-order valence-corrected chi connectivity index (χ4v) is 3.48. The number of ketones is 1. The Morgan fingerprint density at radius 1 is 1.44 bits per heavy atom. The van der Waals surface area contributed by atoms with Crippen molar-refractivity contribution in [3.8, 4) is 0 Å². The van der Waals surface area contributed by atoms with Crippen molar-refractivity contribution in [1.29, 1.82) is 0 Å². The number of hydrogen-bond acceptors (Lipinski definition) is 6. The number of fused-ring (bicyclic) bond motifs is 3. The summed E-state index contributed by atoms with van der Waals surface area (Å²) in [6, 6.07) is 0. The van der Waals surface area contributed by atoms with Gasteiger partial charge in [-0.1, -0.05) is 20.4 Å². The van der Waals surface area contributed by atoms with E-state index in [0.29, 0.717) is 29.4 Å². The molecule has 1 N–H and O–H groups in total. The van der Waals surface area contributed by atoms with E-state index >= 15 is 0 Å². The number of aliphatic hydroxyl groups excluding tert-OH is 1. The third kappa shape index (κ3) is 3.16. The van der Waals surface area contributed by atoms with Crippen LogP contribution in [-0.4, -0.2) is 47.9 Å². The fourth-order valence-electron chi connectivity index (χ4n) is 3.48. The largest absolute Gasteiger partial charge is 0.479 e. The molecule has 3 rings (SSSR count). The molecule has 136 valence electrons. The smallest absolute Gasteiger partial charge is 0.334 e. The lowest BCUT2D eigenvalue weighted by Gasteiger charge is -2.32. The van der Waals surface area contributed by atoms with Gasteiger partial charge in [-0.25, -0.2) is 4.79 Å². The minimum Gasteiger partial charge on any atom is -0.479 e. The van der Waals surface area contributed by atoms with Crippen molar-refractivity contribution in [2.45, 2.75) is 45.0 Å². The van der Waals surface area contributed by atoms with Gasteiger partial charge in [-0.05, 0) is 18.9 Å². The lowest BCUT2D eigenvalue weighted by atomic mass is 9.82. The molecule has 3 heterocycles. The van der Waals surface area contributed by atoms with E-state index in [1.807, 2.05) is 13.8 Å². The molecule has 0 radical (unpaired) electrons. The van der Waals surface area contributed by atoms with Gasteiger partial charge in [-0.3, -0.25) is 4.79 Å². The number of aliphatic hydroxyl groups is 1. The summed E-state index contributed by atoms with van der Waals surface area (Å²) in [5.41, 5.74) is -0.333. The molecule has 6 heteroatoms. The first-order valence-electron chi connectivity index (χ1n) is 8.53. The van der Waals surface area contributed by atoms with Gasteiger partial charge in [0.05, 0.1) is 18.6 Å². The second-order valence-electron chi connectivity index (χ2n) is 7.45. The third-order valence-electron chi connectivity index (χ3n) is 4.87. The highest BCUT2D eigenvalue weighted by molar-refractivity contribution is 6.00. The van der Waals surface area contributed by atoms with E-state index in [-0.39, 0.29) is 18.8 Å². The summed E-state index contributed by atoms with van der Waals surface area (Å²) in [4.78, 5) is 24.6. The molecule has 0 amide bonds. The molecule has 1 fully saturated rings. The minimum absolute atomic E-state index is 0.172. The highest BCUT2D eigenvalue weighted by Gasteiger charge is 2.51. The van der Waals surface area contributed by atoms with E-state index in [9.17, 15) is 14.7 Å². The average Bonchev–Trinajstić information content (AvgIpc) is 2.99. The lowest BCUT2D eigenvalue weighted by Crippen LogP contribution is -2.42. The van der Waals surface area contributed by atoms with E-state index in [0.717, 1.165) is 0 Å². The first kappa shape index (κ1) is 17.9. The number of esters is 1. The molecular weight excluding hydrogens is 324 g/mol. The van der Waals surface area contributed by atoms with E-state index in [1.165, 1.54) is 6.08 Å². The van der Waals surface area contributed by atoms with Crippen molar-refractivity contribution >= 4 is 11.8 Å². The van der Waals surface area contributed by atoms with E-state index < -0.39 is 29.7 Å². The van der Waals surface area contributed by atoms with Gasteiger partial charge in [0.25, 0.3) is 0 Å². The van der Waals surface area contributed by atoms with Crippen LogP contribution in [-0.2, 0) is 23.8 Å². The standard InChI is InChI=1S/C19H24O6/c1-10(2)9-23-15-7-19(4)16(21)6-13(25-19)12(8-20)5-14-17(15)11(3)18(22)24-14/h5-6,10,14-15,17,20H,3,7-9H2,1-2,4H3. The van der Waals surface area contributed by atoms with E-state index in [4.69, 9.17) is 14.2 Å². The van der Waals surface area contributed by atoms with Crippen LogP contribution < -0.4 is 0 Å². The van der Waals surface area contributed by atoms with Crippen LogP contribution in [0.2, 0.25) is 0 Å². The Morgan fingerprint density at radius 3 is 2.80 bits per heavy atom. The van der Waals surface area contributed by atoms with Gasteiger partial charge in [0, 0.05) is 30.2 Å². The van der Waals surface area contributed by atoms with Crippen LogP contribution in [0.4, 0.5) is 0 Å². The van der Waals surface area contributed by atoms with Crippen LogP contribution in [0.25, 0.3) is 0 Å². The Balaban J connectivity index is 2.04. The molecular formula is C19H24O6. The van der Waals surface area contributed by atoms with Gasteiger partial charge >= 0.3 is 5.97 Å². The fraction of sp³-hybridized carbons (Fsp3) is 0.579. The van der Waals surface area contributed by atoms with Crippen LogP contribution >= 0.6 is 0 Å². The first-order valence-corrected chi connectivity index (χ1v) is 8.53. The maximum atomic E-state index is 12.5. The maximum absolute atomic E-state index is 12.5. The molecule has 1 saturated heterocycles. The molecule has 0 aromatic rings. The van der Waals surface area contributed by atoms with Crippen molar-refractivity contribution in [3.05, 3.63) is 35.6 Å². The summed E-state index contributed by atoms with van der Waals surface area (Å²) >= 11 is 0. The van der Waals surface area contributed by atoms with E-state index in [2.05, 4.69) is 6.58 Å². The van der Waals surface area contributed by atoms with Gasteiger partial charge in [0.2, 0.25) is 5.78 Å². The number of ether oxygens (including phenoxy) is 3. The molecule has 0 aliphatic carbocycles. The van der Waals surface area contributed by atoms with Gasteiger partial charge in [-0.15, -0.1) is 0 Å². The van der Waals surface area contributed by atoms with Crippen molar-refractivity contribution in [1.82, 2.24) is 0 Å². The van der Waals surface area contributed by atoms with Crippen molar-refractivity contribution in [2.24, 2.45) is 11.8 Å². The van der Waals surface area contributed by atoms with Crippen LogP contribution in [0.1, 0.15) is 27.2 Å². The molecule has 0 aromatic heterocycles. The molecule has 0 aromatic carbocycles. The second-order valence-corrected chi connectivity index (χ2v) is 7.45. The summed E-state index contributed by atoms with van der Waals surface area (Å²) in [7, 11) is 0. The van der Waals surface area contributed by atoms with Gasteiger partial charge < -0.3 is 19.3 Å². The maximum Gasteiger partial charge on any atom is 0.334 e. The summed E-state index contributed by atoms with van der Waals surface area (Å²) in [6.07, 6.45) is 2.27. The predicted octanol–water partition coefficient (Wildman–Crippen LogP) is 1.69. The summed E-state index contributed by atoms with van der Waals surface area (Å²) < 4.78 is 17.4. The highest BCUT2D eigenvalue weighted by atomic mass is 16.6. The minimum atomic E-state index is -1.09. The van der Waals surface area contributed by atoms with Gasteiger partial charge in [0.15, 0.2) is 5.60 Å². The summed E-state index contributed by atoms with van der Waals surface area (Å²) in [6.45, 7) is 9.80. The zero-order chi connectivity index (χ0) is 18.4. The molecule has 6 nitrogen and oxygen atoms in total. The number of carbonyl (C=O) groups is 2. The van der Waals surface area contributed by atoms with Crippen LogP contribution in [0, 0.1) is 11.8 Å². The first-order chi connectivity index (χ1) is 11.7. The normalized spacial score (nSPS) is 34.6. The lowest BCUT2D eigenvalue weighted by molar-refractivity contribution is -0.139. The van der Waals surface area contributed by atoms with Crippen molar-refractivity contribution < 1.29 is 28.9 Å². The Morgan fingerprint density at radius 2 is 2.16 bits per heavy atom. The molecule has 2 bridgehead atoms.